The summed E-state index contributed by atoms with van der Waals surface area (Å²) in [6.07, 6.45) is 8.22. The van der Waals surface area contributed by atoms with Crippen molar-refractivity contribution in [3.63, 3.8) is 0 Å². The van der Waals surface area contributed by atoms with Crippen molar-refractivity contribution in [2.45, 2.75) is 37.1 Å². The second-order valence-corrected chi connectivity index (χ2v) is 8.21. The topological polar surface area (TPSA) is 16.1 Å². The predicted octanol–water partition coefficient (Wildman–Crippen LogP) is 5.86. The second-order valence-electron chi connectivity index (χ2n) is 5.21. The molecule has 0 amide bonds. The van der Waals surface area contributed by atoms with Gasteiger partial charge in [-0.2, -0.15) is 0 Å². The lowest BCUT2D eigenvalue weighted by molar-refractivity contribution is 0.343. The Hall–Kier alpha value is 0.680. The van der Waals surface area contributed by atoms with Crippen LogP contribution in [0.4, 0.5) is 0 Å². The maximum Gasteiger partial charge on any atom is 0.115 e. The third kappa shape index (κ3) is 7.98. The van der Waals surface area contributed by atoms with Gasteiger partial charge in [0.1, 0.15) is 5.03 Å². The Bertz CT molecular complexity index is 429. The van der Waals surface area contributed by atoms with Gasteiger partial charge in [0, 0.05) is 24.4 Å². The van der Waals surface area contributed by atoms with Crippen molar-refractivity contribution in [2.24, 2.45) is 0 Å². The summed E-state index contributed by atoms with van der Waals surface area (Å²) in [6, 6.07) is 1.76. The van der Waals surface area contributed by atoms with Crippen LogP contribution >= 0.6 is 59.1 Å². The number of nitrogens with zero attached hydrogens (tertiary/aromatic N) is 2. The molecule has 1 aromatic heterocycles. The Morgan fingerprint density at radius 1 is 1.18 bits per heavy atom. The molecule has 0 radical (unpaired) electrons. The quantitative estimate of drug-likeness (QED) is 0.380. The van der Waals surface area contributed by atoms with Crippen molar-refractivity contribution in [3.05, 3.63) is 22.3 Å². The third-order valence-electron chi connectivity index (χ3n) is 3.46. The van der Waals surface area contributed by atoms with Crippen LogP contribution in [-0.2, 0) is 0 Å². The van der Waals surface area contributed by atoms with Crippen LogP contribution in [0.1, 0.15) is 32.1 Å². The molecule has 0 aliphatic carbocycles. The molecule has 22 heavy (non-hydrogen) atoms. The van der Waals surface area contributed by atoms with Crippen molar-refractivity contribution in [1.82, 2.24) is 9.88 Å². The van der Waals surface area contributed by atoms with Gasteiger partial charge < -0.3 is 0 Å². The standard InChI is InChI=1S/C15H22Cl2N2S2.ClH/c16-13-10-14(17)15(18-11-13)21-8-5-3-1-2-4-6-19-7-9-20-12-19;/h10-11H,1-9,12H2;1H. The highest BCUT2D eigenvalue weighted by molar-refractivity contribution is 7.99. The van der Waals surface area contributed by atoms with Gasteiger partial charge in [0.15, 0.2) is 0 Å². The molecule has 1 aliphatic heterocycles. The summed E-state index contributed by atoms with van der Waals surface area (Å²) in [5.41, 5.74) is 0. The molecule has 1 fully saturated rings. The Labute approximate surface area is 158 Å². The summed E-state index contributed by atoms with van der Waals surface area (Å²) < 4.78 is 0. The van der Waals surface area contributed by atoms with E-state index < -0.39 is 0 Å². The smallest absolute Gasteiger partial charge is 0.115 e. The van der Waals surface area contributed by atoms with Gasteiger partial charge >= 0.3 is 0 Å². The zero-order chi connectivity index (χ0) is 14.9. The van der Waals surface area contributed by atoms with Crippen LogP contribution in [-0.4, -0.2) is 40.4 Å². The van der Waals surface area contributed by atoms with E-state index in [1.165, 1.54) is 56.8 Å². The van der Waals surface area contributed by atoms with Crippen LogP contribution in [0.15, 0.2) is 17.3 Å². The molecule has 2 nitrogen and oxygen atoms in total. The fourth-order valence-electron chi connectivity index (χ4n) is 2.27. The summed E-state index contributed by atoms with van der Waals surface area (Å²) in [5.74, 6) is 3.64. The Balaban J connectivity index is 0.00000242. The Morgan fingerprint density at radius 3 is 2.68 bits per heavy atom. The molecule has 0 spiro atoms. The molecule has 2 heterocycles. The second kappa shape index (κ2) is 12.1. The van der Waals surface area contributed by atoms with Gasteiger partial charge in [-0.05, 0) is 31.2 Å². The highest BCUT2D eigenvalue weighted by Gasteiger charge is 2.10. The Morgan fingerprint density at radius 2 is 1.95 bits per heavy atom. The monoisotopic (exact) mass is 400 g/mol. The molecule has 1 saturated heterocycles. The zero-order valence-electron chi connectivity index (χ0n) is 12.6. The van der Waals surface area contributed by atoms with E-state index in [0.717, 1.165) is 10.8 Å². The van der Waals surface area contributed by atoms with E-state index in [1.54, 1.807) is 24.0 Å². The van der Waals surface area contributed by atoms with Gasteiger partial charge in [-0.3, -0.25) is 4.90 Å². The number of hydrogen-bond acceptors (Lipinski definition) is 4. The van der Waals surface area contributed by atoms with Crippen LogP contribution in [0.5, 0.6) is 0 Å². The maximum atomic E-state index is 6.10. The summed E-state index contributed by atoms with van der Waals surface area (Å²) in [7, 11) is 0. The highest BCUT2D eigenvalue weighted by Crippen LogP contribution is 2.27. The number of hydrogen-bond donors (Lipinski definition) is 0. The van der Waals surface area contributed by atoms with Gasteiger partial charge in [0.25, 0.3) is 0 Å². The summed E-state index contributed by atoms with van der Waals surface area (Å²) in [6.45, 7) is 2.57. The highest BCUT2D eigenvalue weighted by atomic mass is 35.5. The molecule has 0 N–H and O–H groups in total. The predicted molar refractivity (Wildman–Crippen MR) is 104 cm³/mol. The average molecular weight is 402 g/mol. The zero-order valence-corrected chi connectivity index (χ0v) is 16.6. The first-order valence-corrected chi connectivity index (χ1v) is 10.4. The van der Waals surface area contributed by atoms with E-state index in [4.69, 9.17) is 23.2 Å². The molecular weight excluding hydrogens is 379 g/mol. The fourth-order valence-corrected chi connectivity index (χ4v) is 4.72. The molecule has 0 aromatic carbocycles. The molecule has 1 aromatic rings. The lowest BCUT2D eigenvalue weighted by atomic mass is 10.1. The van der Waals surface area contributed by atoms with Crippen molar-refractivity contribution in [3.8, 4) is 0 Å². The number of aromatic nitrogens is 1. The van der Waals surface area contributed by atoms with Gasteiger partial charge in [-0.25, -0.2) is 4.98 Å². The summed E-state index contributed by atoms with van der Waals surface area (Å²) in [5, 5.41) is 2.16. The lowest BCUT2D eigenvalue weighted by Gasteiger charge is -2.12. The van der Waals surface area contributed by atoms with Crippen molar-refractivity contribution >= 4 is 59.1 Å². The Kier molecular flexibility index (Phi) is 11.4. The molecule has 7 heteroatoms. The van der Waals surface area contributed by atoms with Crippen molar-refractivity contribution < 1.29 is 0 Å². The lowest BCUT2D eigenvalue weighted by Crippen LogP contribution is -2.20. The molecule has 1 aliphatic rings. The van der Waals surface area contributed by atoms with E-state index >= 15 is 0 Å². The minimum Gasteiger partial charge on any atom is -0.293 e. The number of pyridine rings is 1. The van der Waals surface area contributed by atoms with E-state index in [0.29, 0.717) is 10.0 Å². The number of rotatable bonds is 9. The molecule has 2 rings (SSSR count). The molecule has 0 bridgehead atoms. The van der Waals surface area contributed by atoms with Gasteiger partial charge in [-0.15, -0.1) is 35.9 Å². The largest absolute Gasteiger partial charge is 0.293 e. The van der Waals surface area contributed by atoms with Gasteiger partial charge in [0.2, 0.25) is 0 Å². The first-order chi connectivity index (χ1) is 10.3. The van der Waals surface area contributed by atoms with Crippen LogP contribution < -0.4 is 0 Å². The molecule has 126 valence electrons. The first-order valence-electron chi connectivity index (χ1n) is 7.49. The average Bonchev–Trinajstić information content (AvgIpc) is 2.97. The first kappa shape index (κ1) is 20.7. The SMILES string of the molecule is Cl.Clc1cnc(SCCCCCCCN2CCSC2)c(Cl)c1. The number of unbranched alkanes of at least 4 members (excludes halogenated alkanes) is 4. The van der Waals surface area contributed by atoms with Gasteiger partial charge in [0.05, 0.1) is 10.0 Å². The van der Waals surface area contributed by atoms with Crippen molar-refractivity contribution in [1.29, 1.82) is 0 Å². The summed E-state index contributed by atoms with van der Waals surface area (Å²) >= 11 is 15.7. The minimum atomic E-state index is 0. The van der Waals surface area contributed by atoms with E-state index in [-0.39, 0.29) is 12.4 Å². The van der Waals surface area contributed by atoms with Crippen LogP contribution in [0.3, 0.4) is 0 Å². The maximum absolute atomic E-state index is 6.10. The van der Waals surface area contributed by atoms with Gasteiger partial charge in [-0.1, -0.05) is 42.5 Å². The van der Waals surface area contributed by atoms with E-state index in [2.05, 4.69) is 21.6 Å². The van der Waals surface area contributed by atoms with Crippen LogP contribution in [0.2, 0.25) is 10.0 Å². The fraction of sp³-hybridized carbons (Fsp3) is 0.667. The molecule has 0 saturated carbocycles. The van der Waals surface area contributed by atoms with Crippen LogP contribution in [0.25, 0.3) is 0 Å². The van der Waals surface area contributed by atoms with E-state index in [1.807, 2.05) is 0 Å². The molecule has 0 unspecified atom stereocenters. The van der Waals surface area contributed by atoms with Crippen molar-refractivity contribution in [2.75, 3.05) is 30.5 Å². The molecular formula is C15H23Cl3N2S2. The number of halogens is 3. The minimum absolute atomic E-state index is 0. The third-order valence-corrected chi connectivity index (χ3v) is 6.17. The summed E-state index contributed by atoms with van der Waals surface area (Å²) in [4.78, 5) is 6.82. The van der Waals surface area contributed by atoms with E-state index in [9.17, 15) is 0 Å². The van der Waals surface area contributed by atoms with Crippen LogP contribution in [0, 0.1) is 0 Å². The molecule has 0 atom stereocenters. The number of thioether (sulfide) groups is 2. The normalized spacial score (nSPS) is 15.0.